The fourth-order valence-corrected chi connectivity index (χ4v) is 6.91. The number of hydrogen-bond donors (Lipinski definition) is 1. The van der Waals surface area contributed by atoms with Gasteiger partial charge in [0.2, 0.25) is 5.79 Å². The highest BCUT2D eigenvalue weighted by atomic mass is 17.3. The second-order valence-electron chi connectivity index (χ2n) is 10.7. The number of ether oxygens (including phenoxy) is 3. The quantitative estimate of drug-likeness (QED) is 0.618. The number of carbonyl (C=O) groups is 1. The van der Waals surface area contributed by atoms with Crippen LogP contribution in [0.15, 0.2) is 42.5 Å². The Morgan fingerprint density at radius 2 is 1.85 bits per heavy atom. The predicted molar refractivity (Wildman–Crippen MR) is 122 cm³/mol. The van der Waals surface area contributed by atoms with Crippen molar-refractivity contribution in [1.29, 1.82) is 0 Å². The van der Waals surface area contributed by atoms with E-state index in [0.29, 0.717) is 11.5 Å². The molecule has 2 unspecified atom stereocenters. The van der Waals surface area contributed by atoms with E-state index in [1.54, 1.807) is 0 Å². The van der Waals surface area contributed by atoms with Gasteiger partial charge in [0.05, 0.1) is 0 Å². The normalized spacial score (nSPS) is 42.1. The third-order valence-corrected chi connectivity index (χ3v) is 8.70. The van der Waals surface area contributed by atoms with Gasteiger partial charge in [-0.3, -0.25) is 0 Å². The average molecular weight is 469 g/mol. The first-order valence-electron chi connectivity index (χ1n) is 12.4. The van der Waals surface area contributed by atoms with Crippen molar-refractivity contribution in [2.45, 2.75) is 76.5 Å². The van der Waals surface area contributed by atoms with Crippen LogP contribution in [0.4, 0.5) is 0 Å². The van der Waals surface area contributed by atoms with Crippen molar-refractivity contribution in [2.75, 3.05) is 0 Å². The second-order valence-corrected chi connectivity index (χ2v) is 10.7. The summed E-state index contributed by atoms with van der Waals surface area (Å²) in [4.78, 5) is 24.5. The minimum absolute atomic E-state index is 0.0714. The summed E-state index contributed by atoms with van der Waals surface area (Å²) in [5.74, 6) is -1.25. The molecule has 2 bridgehead atoms. The van der Waals surface area contributed by atoms with Gasteiger partial charge in [-0.1, -0.05) is 56.3 Å². The Morgan fingerprint density at radius 3 is 2.68 bits per heavy atom. The maximum atomic E-state index is 12.4. The van der Waals surface area contributed by atoms with E-state index < -0.39 is 36.0 Å². The molecule has 4 heterocycles. The van der Waals surface area contributed by atoms with Gasteiger partial charge in [0.15, 0.2) is 24.3 Å². The molecule has 4 saturated heterocycles. The summed E-state index contributed by atoms with van der Waals surface area (Å²) in [5, 5.41) is 12.0. The molecule has 2 aromatic carbocycles. The highest BCUT2D eigenvalue weighted by Crippen LogP contribution is 2.60. The highest BCUT2D eigenvalue weighted by molar-refractivity contribution is 5.90. The van der Waals surface area contributed by atoms with E-state index in [1.807, 2.05) is 49.4 Å². The van der Waals surface area contributed by atoms with Crippen LogP contribution >= 0.6 is 0 Å². The average Bonchev–Trinajstić information content (AvgIpc) is 3.06. The van der Waals surface area contributed by atoms with E-state index in [9.17, 15) is 9.90 Å². The van der Waals surface area contributed by atoms with Crippen LogP contribution in [-0.2, 0) is 28.8 Å². The molecule has 0 aromatic heterocycles. The van der Waals surface area contributed by atoms with E-state index >= 15 is 0 Å². The Bertz CT molecular complexity index is 1100. The monoisotopic (exact) mass is 468 g/mol. The summed E-state index contributed by atoms with van der Waals surface area (Å²) >= 11 is 0. The molecule has 7 nitrogen and oxygen atoms in total. The predicted octanol–water partition coefficient (Wildman–Crippen LogP) is 5.19. The number of hydrogen-bond acceptors (Lipinski definition) is 6. The topological polar surface area (TPSA) is 83.5 Å². The molecule has 1 aliphatic carbocycles. The largest absolute Gasteiger partial charge is 0.479 e. The van der Waals surface area contributed by atoms with Crippen molar-refractivity contribution in [3.05, 3.63) is 48.0 Å². The summed E-state index contributed by atoms with van der Waals surface area (Å²) in [7, 11) is 0. The molecule has 9 atom stereocenters. The molecule has 7 heteroatoms. The molecule has 4 aliphatic heterocycles. The maximum absolute atomic E-state index is 12.4. The number of rotatable bonds is 4. The van der Waals surface area contributed by atoms with Gasteiger partial charge in [-0.15, -0.1) is 0 Å². The van der Waals surface area contributed by atoms with Crippen LogP contribution in [0.1, 0.15) is 58.1 Å². The summed E-state index contributed by atoms with van der Waals surface area (Å²) in [5.41, 5.74) is -0.0860. The van der Waals surface area contributed by atoms with Crippen LogP contribution in [0.2, 0.25) is 0 Å². The van der Waals surface area contributed by atoms with Crippen molar-refractivity contribution in [3.8, 4) is 0 Å². The molecule has 2 aromatic rings. The van der Waals surface area contributed by atoms with Gasteiger partial charge in [-0.05, 0) is 54.4 Å². The molecule has 182 valence electrons. The molecule has 0 radical (unpaired) electrons. The summed E-state index contributed by atoms with van der Waals surface area (Å²) in [6, 6.07) is 13.4. The van der Waals surface area contributed by atoms with Crippen LogP contribution in [-0.4, -0.2) is 35.0 Å². The molecule has 1 N–H and O–H groups in total. The van der Waals surface area contributed by atoms with E-state index in [-0.39, 0.29) is 17.8 Å². The van der Waals surface area contributed by atoms with Gasteiger partial charge < -0.3 is 19.3 Å². The minimum atomic E-state index is -1.17. The van der Waals surface area contributed by atoms with E-state index in [4.69, 9.17) is 24.0 Å². The van der Waals surface area contributed by atoms with Gasteiger partial charge in [0.25, 0.3) is 0 Å². The van der Waals surface area contributed by atoms with E-state index in [0.717, 1.165) is 36.5 Å². The molecular formula is C27H32O7. The zero-order valence-electron chi connectivity index (χ0n) is 19.8. The molecule has 7 rings (SSSR count). The SMILES string of the molecule is C[C@@H]1CCC2[C@@H](C)[C@@H](O[C@H](C(=O)O)c3cccc4ccccc34)O[C@@H]3O[C@]4(C)CCC1[C@@]23OO4. The fraction of sp³-hybridized carbons (Fsp3) is 0.593. The lowest BCUT2D eigenvalue weighted by atomic mass is 9.58. The summed E-state index contributed by atoms with van der Waals surface area (Å²) in [6.07, 6.45) is 1.09. The van der Waals surface area contributed by atoms with Gasteiger partial charge in [-0.2, -0.15) is 0 Å². The first kappa shape index (κ1) is 22.4. The van der Waals surface area contributed by atoms with Crippen molar-refractivity contribution in [2.24, 2.45) is 23.7 Å². The Hall–Kier alpha value is -2.03. The summed E-state index contributed by atoms with van der Waals surface area (Å²) < 4.78 is 19.1. The van der Waals surface area contributed by atoms with Crippen LogP contribution in [0.5, 0.6) is 0 Å². The zero-order valence-corrected chi connectivity index (χ0v) is 19.8. The van der Waals surface area contributed by atoms with Crippen molar-refractivity contribution in [3.63, 3.8) is 0 Å². The molecule has 5 aliphatic rings. The van der Waals surface area contributed by atoms with Crippen LogP contribution in [0.3, 0.4) is 0 Å². The number of carboxylic acid groups (broad SMARTS) is 1. The molecule has 5 fully saturated rings. The van der Waals surface area contributed by atoms with Crippen molar-refractivity contribution in [1.82, 2.24) is 0 Å². The smallest absolute Gasteiger partial charge is 0.337 e. The minimum Gasteiger partial charge on any atom is -0.479 e. The fourth-order valence-electron chi connectivity index (χ4n) is 6.91. The third kappa shape index (κ3) is 3.25. The van der Waals surface area contributed by atoms with Crippen molar-refractivity contribution < 1.29 is 33.9 Å². The molecule has 1 spiro atoms. The zero-order chi connectivity index (χ0) is 23.7. The molecular weight excluding hydrogens is 436 g/mol. The van der Waals surface area contributed by atoms with E-state index in [2.05, 4.69) is 13.8 Å². The van der Waals surface area contributed by atoms with E-state index in [1.165, 1.54) is 0 Å². The lowest BCUT2D eigenvalue weighted by molar-refractivity contribution is -0.578. The maximum Gasteiger partial charge on any atom is 0.337 e. The third-order valence-electron chi connectivity index (χ3n) is 8.70. The lowest BCUT2D eigenvalue weighted by Gasteiger charge is -2.60. The number of fused-ring (bicyclic) bond motifs is 3. The van der Waals surface area contributed by atoms with Gasteiger partial charge in [0.1, 0.15) is 0 Å². The summed E-state index contributed by atoms with van der Waals surface area (Å²) in [6.45, 7) is 6.22. The Labute approximate surface area is 199 Å². The first-order chi connectivity index (χ1) is 16.3. The Kier molecular flexibility index (Phi) is 5.28. The van der Waals surface area contributed by atoms with Gasteiger partial charge in [-0.25, -0.2) is 14.6 Å². The van der Waals surface area contributed by atoms with Gasteiger partial charge in [0, 0.05) is 18.3 Å². The number of aliphatic carboxylic acids is 1. The lowest BCUT2D eigenvalue weighted by Crippen LogP contribution is -2.70. The van der Waals surface area contributed by atoms with Crippen LogP contribution < -0.4 is 0 Å². The second kappa shape index (κ2) is 8.00. The van der Waals surface area contributed by atoms with Crippen molar-refractivity contribution >= 4 is 16.7 Å². The Morgan fingerprint density at radius 1 is 1.06 bits per heavy atom. The van der Waals surface area contributed by atoms with Crippen LogP contribution in [0.25, 0.3) is 10.8 Å². The Balaban J connectivity index is 1.36. The first-order valence-corrected chi connectivity index (χ1v) is 12.4. The molecule has 1 saturated carbocycles. The molecule has 34 heavy (non-hydrogen) atoms. The van der Waals surface area contributed by atoms with Gasteiger partial charge >= 0.3 is 5.97 Å². The number of benzene rings is 2. The highest BCUT2D eigenvalue weighted by Gasteiger charge is 2.69. The number of carboxylic acids is 1. The van der Waals surface area contributed by atoms with Crippen LogP contribution in [0, 0.1) is 23.7 Å². The molecule has 0 amide bonds. The standard InChI is InChI=1S/C27H32O7/c1-15-11-12-21-16(2)24(31-25-27(21)20(15)13-14-26(3,32-25)33-34-27)30-22(23(28)29)19-10-6-8-17-7-4-5-9-18(17)19/h4-10,15-16,20-22,24-25H,11-14H2,1-3H3,(H,28,29)/t15-,16-,20?,21?,22+,24+,25-,26+,27-/m1/s1.